The van der Waals surface area contributed by atoms with Gasteiger partial charge in [0, 0.05) is 13.5 Å². The smallest absolute Gasteiger partial charge is 0.315 e. The molecule has 1 atom stereocenters. The Morgan fingerprint density at radius 1 is 1.05 bits per heavy atom. The molecule has 0 aliphatic rings. The van der Waals surface area contributed by atoms with Gasteiger partial charge in [0.15, 0.2) is 0 Å². The molecule has 0 aliphatic carbocycles. The maximum Gasteiger partial charge on any atom is 0.315 e. The first-order chi connectivity index (χ1) is 10.4. The first-order valence-electron chi connectivity index (χ1n) is 7.05. The maximum absolute atomic E-state index is 11.9. The van der Waals surface area contributed by atoms with Crippen molar-refractivity contribution in [2.45, 2.75) is 33.4 Å². The van der Waals surface area contributed by atoms with Crippen molar-refractivity contribution in [2.75, 3.05) is 0 Å². The molecule has 0 spiro atoms. The molecule has 0 saturated heterocycles. The number of carbonyl (C=O) groups excluding carboxylic acids is 3. The van der Waals surface area contributed by atoms with Crippen LogP contribution in [0.4, 0.5) is 4.79 Å². The second kappa shape index (κ2) is 8.66. The van der Waals surface area contributed by atoms with Gasteiger partial charge in [-0.3, -0.25) is 20.4 Å². The Morgan fingerprint density at radius 2 is 1.68 bits per heavy atom. The number of hydrogen-bond acceptors (Lipinski definition) is 3. The van der Waals surface area contributed by atoms with E-state index in [1.165, 1.54) is 6.92 Å². The number of carbonyl (C=O) groups is 3. The third-order valence-electron chi connectivity index (χ3n) is 2.89. The lowest BCUT2D eigenvalue weighted by atomic mass is 10.0. The van der Waals surface area contributed by atoms with Crippen molar-refractivity contribution in [1.29, 1.82) is 0 Å². The highest BCUT2D eigenvalue weighted by Gasteiger charge is 2.24. The summed E-state index contributed by atoms with van der Waals surface area (Å²) in [7, 11) is 0. The summed E-state index contributed by atoms with van der Waals surface area (Å²) in [6.45, 7) is 5.25. The summed E-state index contributed by atoms with van der Waals surface area (Å²) in [6.07, 6.45) is 0. The first-order valence-corrected chi connectivity index (χ1v) is 7.05. The van der Waals surface area contributed by atoms with E-state index in [4.69, 9.17) is 0 Å². The Morgan fingerprint density at radius 3 is 2.23 bits per heavy atom. The predicted octanol–water partition coefficient (Wildman–Crippen LogP) is 0.678. The van der Waals surface area contributed by atoms with Crippen molar-refractivity contribution in [1.82, 2.24) is 21.5 Å². The molecule has 0 bridgehead atoms. The van der Waals surface area contributed by atoms with Gasteiger partial charge in [0.2, 0.25) is 5.91 Å². The van der Waals surface area contributed by atoms with Crippen molar-refractivity contribution in [2.24, 2.45) is 5.92 Å². The summed E-state index contributed by atoms with van der Waals surface area (Å²) in [4.78, 5) is 34.6. The van der Waals surface area contributed by atoms with E-state index in [0.29, 0.717) is 6.54 Å². The standard InChI is InChI=1S/C15H22N4O3/c1-10(2)13(14(21)19-18-11(3)20)17-15(22)16-9-12-7-5-4-6-8-12/h4-8,10,13H,9H2,1-3H3,(H,18,20)(H,19,21)(H2,16,17,22). The summed E-state index contributed by atoms with van der Waals surface area (Å²) in [5.74, 6) is -0.985. The molecule has 120 valence electrons. The van der Waals surface area contributed by atoms with Crippen LogP contribution in [0.3, 0.4) is 0 Å². The van der Waals surface area contributed by atoms with Crippen LogP contribution < -0.4 is 21.5 Å². The van der Waals surface area contributed by atoms with Crippen molar-refractivity contribution in [3.05, 3.63) is 35.9 Å². The molecule has 1 unspecified atom stereocenters. The average molecular weight is 306 g/mol. The molecule has 0 heterocycles. The summed E-state index contributed by atoms with van der Waals surface area (Å²) >= 11 is 0. The van der Waals surface area contributed by atoms with E-state index in [1.54, 1.807) is 13.8 Å². The maximum atomic E-state index is 11.9. The number of benzene rings is 1. The Hall–Kier alpha value is -2.57. The molecule has 0 saturated carbocycles. The fraction of sp³-hybridized carbons (Fsp3) is 0.400. The number of nitrogens with one attached hydrogen (secondary N) is 4. The van der Waals surface area contributed by atoms with E-state index in [2.05, 4.69) is 21.5 Å². The number of hydrazine groups is 1. The molecular formula is C15H22N4O3. The van der Waals surface area contributed by atoms with Crippen LogP contribution >= 0.6 is 0 Å². The van der Waals surface area contributed by atoms with Gasteiger partial charge >= 0.3 is 6.03 Å². The lowest BCUT2D eigenvalue weighted by molar-refractivity contribution is -0.129. The van der Waals surface area contributed by atoms with Crippen LogP contribution in [0.2, 0.25) is 0 Å². The van der Waals surface area contributed by atoms with Crippen molar-refractivity contribution in [3.8, 4) is 0 Å². The third-order valence-corrected chi connectivity index (χ3v) is 2.89. The topological polar surface area (TPSA) is 99.3 Å². The number of amides is 4. The van der Waals surface area contributed by atoms with Gasteiger partial charge in [-0.15, -0.1) is 0 Å². The lowest BCUT2D eigenvalue weighted by Gasteiger charge is -2.21. The van der Waals surface area contributed by atoms with Crippen molar-refractivity contribution < 1.29 is 14.4 Å². The van der Waals surface area contributed by atoms with Gasteiger partial charge in [0.1, 0.15) is 6.04 Å². The molecule has 7 heteroatoms. The monoisotopic (exact) mass is 306 g/mol. The fourth-order valence-corrected chi connectivity index (χ4v) is 1.73. The number of hydrogen-bond donors (Lipinski definition) is 4. The highest BCUT2D eigenvalue weighted by molar-refractivity contribution is 5.88. The molecule has 0 radical (unpaired) electrons. The van der Waals surface area contributed by atoms with E-state index in [9.17, 15) is 14.4 Å². The molecule has 7 nitrogen and oxygen atoms in total. The highest BCUT2D eigenvalue weighted by atomic mass is 16.2. The van der Waals surface area contributed by atoms with Gasteiger partial charge < -0.3 is 10.6 Å². The SMILES string of the molecule is CC(=O)NNC(=O)C(NC(=O)NCc1ccccc1)C(C)C. The molecule has 1 rings (SSSR count). The van der Waals surface area contributed by atoms with Crippen LogP contribution in [0.15, 0.2) is 30.3 Å². The van der Waals surface area contributed by atoms with Crippen LogP contribution in [-0.2, 0) is 16.1 Å². The number of urea groups is 1. The molecule has 1 aromatic rings. The van der Waals surface area contributed by atoms with Gasteiger partial charge in [-0.05, 0) is 11.5 Å². The Labute approximate surface area is 129 Å². The lowest BCUT2D eigenvalue weighted by Crippen LogP contribution is -2.55. The zero-order valence-corrected chi connectivity index (χ0v) is 13.0. The van der Waals surface area contributed by atoms with E-state index in [1.807, 2.05) is 30.3 Å². The van der Waals surface area contributed by atoms with E-state index >= 15 is 0 Å². The van der Waals surface area contributed by atoms with Crippen LogP contribution in [0.1, 0.15) is 26.3 Å². The Balaban J connectivity index is 2.50. The molecule has 4 amide bonds. The molecule has 1 aromatic carbocycles. The molecule has 22 heavy (non-hydrogen) atoms. The van der Waals surface area contributed by atoms with Crippen LogP contribution in [-0.4, -0.2) is 23.9 Å². The molecule has 4 N–H and O–H groups in total. The highest BCUT2D eigenvalue weighted by Crippen LogP contribution is 2.02. The summed E-state index contributed by atoms with van der Waals surface area (Å²) in [6, 6.07) is 8.25. The van der Waals surface area contributed by atoms with E-state index < -0.39 is 18.0 Å². The molecular weight excluding hydrogens is 284 g/mol. The summed E-state index contributed by atoms with van der Waals surface area (Å²) in [5.41, 5.74) is 5.42. The minimum absolute atomic E-state index is 0.128. The normalized spacial score (nSPS) is 11.5. The van der Waals surface area contributed by atoms with E-state index in [-0.39, 0.29) is 11.8 Å². The summed E-state index contributed by atoms with van der Waals surface area (Å²) < 4.78 is 0. The molecule has 0 aliphatic heterocycles. The fourth-order valence-electron chi connectivity index (χ4n) is 1.73. The van der Waals surface area contributed by atoms with Gasteiger partial charge in [0.05, 0.1) is 0 Å². The second-order valence-corrected chi connectivity index (χ2v) is 5.20. The van der Waals surface area contributed by atoms with Crippen LogP contribution in [0.5, 0.6) is 0 Å². The Bertz CT molecular complexity index is 517. The third kappa shape index (κ3) is 6.25. The number of rotatable bonds is 5. The molecule has 0 fully saturated rings. The second-order valence-electron chi connectivity index (χ2n) is 5.20. The van der Waals surface area contributed by atoms with Crippen molar-refractivity contribution >= 4 is 17.8 Å². The average Bonchev–Trinajstić information content (AvgIpc) is 2.49. The van der Waals surface area contributed by atoms with Crippen molar-refractivity contribution in [3.63, 3.8) is 0 Å². The van der Waals surface area contributed by atoms with E-state index in [0.717, 1.165) is 5.56 Å². The van der Waals surface area contributed by atoms with Gasteiger partial charge in [0.25, 0.3) is 5.91 Å². The van der Waals surface area contributed by atoms with Gasteiger partial charge in [-0.25, -0.2) is 4.79 Å². The summed E-state index contributed by atoms with van der Waals surface area (Å²) in [5, 5.41) is 5.28. The minimum Gasteiger partial charge on any atom is -0.334 e. The van der Waals surface area contributed by atoms with Crippen LogP contribution in [0, 0.1) is 5.92 Å². The zero-order chi connectivity index (χ0) is 16.5. The molecule has 0 aromatic heterocycles. The first kappa shape index (κ1) is 17.5. The van der Waals surface area contributed by atoms with Crippen LogP contribution in [0.25, 0.3) is 0 Å². The van der Waals surface area contributed by atoms with Gasteiger partial charge in [-0.2, -0.15) is 0 Å². The predicted molar refractivity (Wildman–Crippen MR) is 82.4 cm³/mol. The quantitative estimate of drug-likeness (QED) is 0.602. The largest absolute Gasteiger partial charge is 0.334 e. The minimum atomic E-state index is -0.748. The Kier molecular flexibility index (Phi) is 6.88. The van der Waals surface area contributed by atoms with Gasteiger partial charge in [-0.1, -0.05) is 44.2 Å². The zero-order valence-electron chi connectivity index (χ0n) is 13.0.